The van der Waals surface area contributed by atoms with Crippen LogP contribution in [0.1, 0.15) is 24.7 Å². The Balaban J connectivity index is 1.30. The van der Waals surface area contributed by atoms with Crippen molar-refractivity contribution in [3.05, 3.63) is 59.7 Å². The number of amides is 2. The summed E-state index contributed by atoms with van der Waals surface area (Å²) in [4.78, 5) is 41.0. The molecule has 3 N–H and O–H groups in total. The standard InChI is InChI=1S/C22H18ClFN10O2/c23-11-1-3-14(33-10-27-30-31-33)17(7-11)32-9-19(35)34-15(4-5-16(34)22(32)36)21-26-8-13(28-21)12-2-6-18(25)29-20(12)24/h1-3,6-8,10,15-16H,4-5,9H2,(H2,25,29)(H,26,28)/t15-,16-/m1/s1. The van der Waals surface area contributed by atoms with Gasteiger partial charge in [-0.05, 0) is 53.6 Å². The van der Waals surface area contributed by atoms with Gasteiger partial charge in [0.2, 0.25) is 17.8 Å². The van der Waals surface area contributed by atoms with Crippen LogP contribution in [0.2, 0.25) is 5.02 Å². The molecule has 14 heteroatoms. The molecule has 4 aromatic rings. The van der Waals surface area contributed by atoms with Gasteiger partial charge in [0.25, 0.3) is 0 Å². The Morgan fingerprint density at radius 3 is 2.72 bits per heavy atom. The molecule has 0 radical (unpaired) electrons. The number of H-pyrrole nitrogens is 1. The molecule has 2 aliphatic heterocycles. The molecule has 2 saturated heterocycles. The Hall–Kier alpha value is -4.39. The number of halogens is 2. The first kappa shape index (κ1) is 22.1. The largest absolute Gasteiger partial charge is 0.384 e. The quantitative estimate of drug-likeness (QED) is 0.396. The normalized spacial score (nSPS) is 19.7. The fourth-order valence-electron chi connectivity index (χ4n) is 4.82. The zero-order valence-corrected chi connectivity index (χ0v) is 19.3. The van der Waals surface area contributed by atoms with Gasteiger partial charge in [-0.25, -0.2) is 9.97 Å². The van der Waals surface area contributed by atoms with Crippen LogP contribution in [0.3, 0.4) is 0 Å². The van der Waals surface area contributed by atoms with Gasteiger partial charge < -0.3 is 15.6 Å². The molecule has 1 aromatic carbocycles. The number of benzene rings is 1. The second kappa shape index (κ2) is 8.37. The molecular formula is C22H18ClFN10O2. The van der Waals surface area contributed by atoms with Crippen LogP contribution in [0.15, 0.2) is 42.9 Å². The molecule has 36 heavy (non-hydrogen) atoms. The van der Waals surface area contributed by atoms with Crippen LogP contribution in [-0.2, 0) is 9.59 Å². The molecule has 182 valence electrons. The van der Waals surface area contributed by atoms with E-state index in [0.717, 1.165) is 0 Å². The number of pyridine rings is 1. The number of anilines is 2. The van der Waals surface area contributed by atoms with E-state index < -0.39 is 18.0 Å². The molecule has 3 aromatic heterocycles. The van der Waals surface area contributed by atoms with Gasteiger partial charge in [-0.1, -0.05) is 11.6 Å². The summed E-state index contributed by atoms with van der Waals surface area (Å²) < 4.78 is 15.7. The summed E-state index contributed by atoms with van der Waals surface area (Å²) in [6.07, 6.45) is 3.84. The van der Waals surface area contributed by atoms with Crippen molar-refractivity contribution in [3.8, 4) is 16.9 Å². The van der Waals surface area contributed by atoms with Crippen molar-refractivity contribution in [1.29, 1.82) is 0 Å². The molecule has 2 amide bonds. The summed E-state index contributed by atoms with van der Waals surface area (Å²) >= 11 is 6.22. The Bertz CT molecular complexity index is 1490. The minimum Gasteiger partial charge on any atom is -0.384 e. The van der Waals surface area contributed by atoms with Crippen LogP contribution in [-0.4, -0.2) is 64.5 Å². The Morgan fingerprint density at radius 1 is 1.11 bits per heavy atom. The number of aromatic nitrogens is 7. The zero-order valence-electron chi connectivity index (χ0n) is 18.5. The molecular weight excluding hydrogens is 491 g/mol. The molecule has 0 bridgehead atoms. The van der Waals surface area contributed by atoms with E-state index in [1.807, 2.05) is 0 Å². The monoisotopic (exact) mass is 508 g/mol. The molecule has 2 atom stereocenters. The molecule has 0 spiro atoms. The number of nitrogens with two attached hydrogens (primary N) is 1. The van der Waals surface area contributed by atoms with Gasteiger partial charge in [0.1, 0.15) is 30.6 Å². The fourth-order valence-corrected chi connectivity index (χ4v) is 4.98. The fraction of sp³-hybridized carbons (Fsp3) is 0.227. The Kier molecular flexibility index (Phi) is 5.14. The summed E-state index contributed by atoms with van der Waals surface area (Å²) in [5.74, 6) is -0.679. The number of nitrogens with one attached hydrogen (secondary N) is 1. The Labute approximate surface area is 207 Å². The number of nitrogens with zero attached hydrogens (tertiary/aromatic N) is 8. The summed E-state index contributed by atoms with van der Waals surface area (Å²) in [7, 11) is 0. The van der Waals surface area contributed by atoms with E-state index in [1.165, 1.54) is 34.2 Å². The third kappa shape index (κ3) is 3.55. The van der Waals surface area contributed by atoms with E-state index in [0.29, 0.717) is 40.8 Å². The molecule has 0 unspecified atom stereocenters. The first-order valence-corrected chi connectivity index (χ1v) is 11.4. The number of tetrazole rings is 1. The number of hydrogen-bond donors (Lipinski definition) is 2. The molecule has 0 aliphatic carbocycles. The van der Waals surface area contributed by atoms with Crippen molar-refractivity contribution in [2.75, 3.05) is 17.2 Å². The minimum absolute atomic E-state index is 0.0690. The Morgan fingerprint density at radius 2 is 1.94 bits per heavy atom. The highest BCUT2D eigenvalue weighted by Crippen LogP contribution is 2.40. The number of piperazine rings is 1. The van der Waals surface area contributed by atoms with Crippen LogP contribution >= 0.6 is 11.6 Å². The van der Waals surface area contributed by atoms with Crippen molar-refractivity contribution in [2.45, 2.75) is 24.9 Å². The lowest BCUT2D eigenvalue weighted by molar-refractivity contribution is -0.143. The van der Waals surface area contributed by atoms with Gasteiger partial charge in [-0.3, -0.25) is 14.5 Å². The van der Waals surface area contributed by atoms with Gasteiger partial charge >= 0.3 is 0 Å². The highest BCUT2D eigenvalue weighted by atomic mass is 35.5. The van der Waals surface area contributed by atoms with E-state index in [2.05, 4.69) is 30.5 Å². The van der Waals surface area contributed by atoms with Gasteiger partial charge in [0.15, 0.2) is 0 Å². The van der Waals surface area contributed by atoms with Crippen LogP contribution in [0.5, 0.6) is 0 Å². The summed E-state index contributed by atoms with van der Waals surface area (Å²) in [6, 6.07) is 6.82. The maximum atomic E-state index is 14.3. The van der Waals surface area contributed by atoms with E-state index in [4.69, 9.17) is 17.3 Å². The first-order valence-electron chi connectivity index (χ1n) is 11.0. The summed E-state index contributed by atoms with van der Waals surface area (Å²) in [5.41, 5.74) is 7.10. The van der Waals surface area contributed by atoms with Crippen molar-refractivity contribution < 1.29 is 14.0 Å². The predicted octanol–water partition coefficient (Wildman–Crippen LogP) is 1.90. The number of nitrogen functional groups attached to an aromatic ring is 1. The van der Waals surface area contributed by atoms with Crippen LogP contribution < -0.4 is 10.6 Å². The number of carbonyl (C=O) groups excluding carboxylic acids is 2. The van der Waals surface area contributed by atoms with Crippen molar-refractivity contribution in [1.82, 2.24) is 40.1 Å². The summed E-state index contributed by atoms with van der Waals surface area (Å²) in [5, 5.41) is 11.6. The lowest BCUT2D eigenvalue weighted by atomic mass is 10.1. The van der Waals surface area contributed by atoms with Gasteiger partial charge in [-0.15, -0.1) is 5.10 Å². The average molecular weight is 509 g/mol. The molecule has 5 heterocycles. The van der Waals surface area contributed by atoms with Crippen molar-refractivity contribution in [3.63, 3.8) is 0 Å². The van der Waals surface area contributed by atoms with Crippen LogP contribution in [0, 0.1) is 5.95 Å². The third-order valence-corrected chi connectivity index (χ3v) is 6.65. The van der Waals surface area contributed by atoms with E-state index in [-0.39, 0.29) is 29.7 Å². The summed E-state index contributed by atoms with van der Waals surface area (Å²) in [6.45, 7) is -0.189. The topological polar surface area (TPSA) is 152 Å². The van der Waals surface area contributed by atoms with Crippen LogP contribution in [0.25, 0.3) is 16.9 Å². The van der Waals surface area contributed by atoms with Gasteiger partial charge in [0.05, 0.1) is 34.9 Å². The molecule has 2 fully saturated rings. The number of imidazole rings is 1. The van der Waals surface area contributed by atoms with Crippen molar-refractivity contribution in [2.24, 2.45) is 0 Å². The van der Waals surface area contributed by atoms with Crippen molar-refractivity contribution >= 4 is 34.9 Å². The third-order valence-electron chi connectivity index (χ3n) is 6.41. The van der Waals surface area contributed by atoms with E-state index in [1.54, 1.807) is 23.1 Å². The molecule has 0 saturated carbocycles. The second-order valence-corrected chi connectivity index (χ2v) is 8.91. The van der Waals surface area contributed by atoms with E-state index >= 15 is 0 Å². The number of rotatable bonds is 4. The number of hydrogen-bond acceptors (Lipinski definition) is 8. The highest BCUT2D eigenvalue weighted by molar-refractivity contribution is 6.31. The van der Waals surface area contributed by atoms with Crippen LogP contribution in [0.4, 0.5) is 15.9 Å². The lowest BCUT2D eigenvalue weighted by Gasteiger charge is -2.39. The smallest absolute Gasteiger partial charge is 0.250 e. The number of aromatic amines is 1. The van der Waals surface area contributed by atoms with E-state index in [9.17, 15) is 14.0 Å². The molecule has 6 rings (SSSR count). The number of carbonyl (C=O) groups is 2. The lowest BCUT2D eigenvalue weighted by Crippen LogP contribution is -2.58. The predicted molar refractivity (Wildman–Crippen MR) is 125 cm³/mol. The zero-order chi connectivity index (χ0) is 25.0. The number of fused-ring (bicyclic) bond motifs is 1. The SMILES string of the molecule is Nc1ccc(-c2cnc([C@H]3CC[C@@H]4C(=O)N(c5cc(Cl)ccc5-n5cnnn5)CC(=O)N43)[nH]2)c(F)n1. The average Bonchev–Trinajstić information content (AvgIpc) is 3.62. The highest BCUT2D eigenvalue weighted by Gasteiger charge is 2.49. The second-order valence-electron chi connectivity index (χ2n) is 8.48. The van der Waals surface area contributed by atoms with Gasteiger partial charge in [-0.2, -0.15) is 9.07 Å². The van der Waals surface area contributed by atoms with Gasteiger partial charge in [0, 0.05) is 5.02 Å². The molecule has 2 aliphatic rings. The molecule has 12 nitrogen and oxygen atoms in total. The maximum Gasteiger partial charge on any atom is 0.250 e. The minimum atomic E-state index is -0.728. The first-order chi connectivity index (χ1) is 17.4. The maximum absolute atomic E-state index is 14.3.